The van der Waals surface area contributed by atoms with Crippen molar-refractivity contribution in [3.05, 3.63) is 71.4 Å². The third kappa shape index (κ3) is 6.84. The van der Waals surface area contributed by atoms with Crippen LogP contribution in [-0.2, 0) is 25.3 Å². The van der Waals surface area contributed by atoms with Gasteiger partial charge < -0.3 is 19.9 Å². The van der Waals surface area contributed by atoms with Crippen LogP contribution < -0.4 is 10.2 Å². The molecule has 7 nitrogen and oxygen atoms in total. The molecule has 0 bridgehead atoms. The molecular weight excluding hydrogens is 451 g/mol. The van der Waals surface area contributed by atoms with Crippen LogP contribution in [0.2, 0.25) is 0 Å². The molecule has 1 aliphatic rings. The molecule has 0 radical (unpaired) electrons. The first kappa shape index (κ1) is 24.8. The Morgan fingerprint density at radius 3 is 2.29 bits per heavy atom. The van der Waals surface area contributed by atoms with Crippen molar-refractivity contribution in [2.24, 2.45) is 0 Å². The Morgan fingerprint density at radius 2 is 1.68 bits per heavy atom. The van der Waals surface area contributed by atoms with Crippen molar-refractivity contribution in [1.29, 1.82) is 0 Å². The van der Waals surface area contributed by atoms with E-state index in [0.29, 0.717) is 24.3 Å². The van der Waals surface area contributed by atoms with Gasteiger partial charge in [0.25, 0.3) is 5.91 Å². The maximum Gasteiger partial charge on any atom is 0.416 e. The quantitative estimate of drug-likeness (QED) is 0.513. The Hall–Kier alpha value is -3.82. The summed E-state index contributed by atoms with van der Waals surface area (Å²) in [5, 5.41) is 2.41. The number of benzene rings is 2. The summed E-state index contributed by atoms with van der Waals surface area (Å²) < 4.78 is 44.0. The van der Waals surface area contributed by atoms with E-state index in [4.69, 9.17) is 4.74 Å². The summed E-state index contributed by atoms with van der Waals surface area (Å²) in [6, 6.07) is 13.9. The maximum absolute atomic E-state index is 13.0. The first-order valence-electron chi connectivity index (χ1n) is 10.5. The SMILES string of the molecule is CC(=O)N/C(=C/c1ccccc1)C(=O)OCC(=O)N1CCN(c2cccc(C(F)(F)F)c2)CC1. The van der Waals surface area contributed by atoms with Crippen molar-refractivity contribution in [3.63, 3.8) is 0 Å². The summed E-state index contributed by atoms with van der Waals surface area (Å²) in [5.41, 5.74) is 0.273. The number of nitrogens with zero attached hydrogens (tertiary/aromatic N) is 2. The highest BCUT2D eigenvalue weighted by atomic mass is 19.4. The Bertz CT molecular complexity index is 1060. The summed E-state index contributed by atoms with van der Waals surface area (Å²) >= 11 is 0. The standard InChI is InChI=1S/C24H24F3N3O4/c1-17(31)28-21(14-18-6-3-2-4-7-18)23(33)34-16-22(32)30-12-10-29(11-13-30)20-9-5-8-19(15-20)24(25,26)27/h2-9,14-15H,10-13,16H2,1H3,(H,28,31)/b21-14+. The molecule has 1 fully saturated rings. The first-order chi connectivity index (χ1) is 16.1. The number of rotatable bonds is 6. The van der Waals surface area contributed by atoms with Crippen LogP contribution in [0.3, 0.4) is 0 Å². The first-order valence-corrected chi connectivity index (χ1v) is 10.5. The average molecular weight is 475 g/mol. The van der Waals surface area contributed by atoms with Gasteiger partial charge >= 0.3 is 12.1 Å². The lowest BCUT2D eigenvalue weighted by Crippen LogP contribution is -2.50. The lowest BCUT2D eigenvalue weighted by Gasteiger charge is -2.36. The minimum Gasteiger partial charge on any atom is -0.451 e. The second-order valence-corrected chi connectivity index (χ2v) is 7.64. The van der Waals surface area contributed by atoms with Gasteiger partial charge in [-0.15, -0.1) is 0 Å². The van der Waals surface area contributed by atoms with Crippen molar-refractivity contribution in [2.75, 3.05) is 37.7 Å². The van der Waals surface area contributed by atoms with E-state index in [2.05, 4.69) is 5.32 Å². The zero-order valence-corrected chi connectivity index (χ0v) is 18.5. The molecule has 0 saturated carbocycles. The van der Waals surface area contributed by atoms with E-state index in [-0.39, 0.29) is 18.8 Å². The lowest BCUT2D eigenvalue weighted by atomic mass is 10.1. The van der Waals surface area contributed by atoms with Crippen LogP contribution in [0, 0.1) is 0 Å². The van der Waals surface area contributed by atoms with Crippen molar-refractivity contribution >= 4 is 29.5 Å². The van der Waals surface area contributed by atoms with Gasteiger partial charge in [-0.1, -0.05) is 36.4 Å². The Kier molecular flexibility index (Phi) is 7.93. The predicted molar refractivity (Wildman–Crippen MR) is 119 cm³/mol. The average Bonchev–Trinajstić information content (AvgIpc) is 2.82. The number of carbonyl (C=O) groups excluding carboxylic acids is 3. The fourth-order valence-electron chi connectivity index (χ4n) is 3.44. The molecular formula is C24H24F3N3O4. The van der Waals surface area contributed by atoms with E-state index in [1.807, 2.05) is 0 Å². The monoisotopic (exact) mass is 475 g/mol. The molecule has 0 unspecified atom stereocenters. The number of hydrogen-bond donors (Lipinski definition) is 1. The summed E-state index contributed by atoms with van der Waals surface area (Å²) in [5.74, 6) is -1.75. The third-order valence-corrected chi connectivity index (χ3v) is 5.14. The molecule has 10 heteroatoms. The Balaban J connectivity index is 1.55. The van der Waals surface area contributed by atoms with Gasteiger partial charge in [-0.25, -0.2) is 4.79 Å². The van der Waals surface area contributed by atoms with Crippen molar-refractivity contribution in [3.8, 4) is 0 Å². The van der Waals surface area contributed by atoms with Gasteiger partial charge in [0.05, 0.1) is 5.56 Å². The van der Waals surface area contributed by atoms with E-state index in [1.165, 1.54) is 24.0 Å². The number of carbonyl (C=O) groups is 3. The van der Waals surface area contributed by atoms with Crippen LogP contribution in [0.25, 0.3) is 6.08 Å². The lowest BCUT2D eigenvalue weighted by molar-refractivity contribution is -0.149. The van der Waals surface area contributed by atoms with E-state index in [0.717, 1.165) is 12.1 Å². The topological polar surface area (TPSA) is 78.9 Å². The van der Waals surface area contributed by atoms with Crippen LogP contribution in [0.4, 0.5) is 18.9 Å². The molecule has 2 aromatic carbocycles. The molecule has 1 aliphatic heterocycles. The molecule has 34 heavy (non-hydrogen) atoms. The number of nitrogens with one attached hydrogen (secondary N) is 1. The fourth-order valence-corrected chi connectivity index (χ4v) is 3.44. The van der Waals surface area contributed by atoms with Gasteiger partial charge in [-0.2, -0.15) is 13.2 Å². The predicted octanol–water partition coefficient (Wildman–Crippen LogP) is 3.07. The molecule has 1 heterocycles. The van der Waals surface area contributed by atoms with Gasteiger partial charge in [-0.3, -0.25) is 9.59 Å². The summed E-state index contributed by atoms with van der Waals surface area (Å²) in [7, 11) is 0. The second-order valence-electron chi connectivity index (χ2n) is 7.64. The van der Waals surface area contributed by atoms with Crippen LogP contribution in [0.15, 0.2) is 60.3 Å². The van der Waals surface area contributed by atoms with Crippen molar-refractivity contribution in [2.45, 2.75) is 13.1 Å². The summed E-state index contributed by atoms with van der Waals surface area (Å²) in [4.78, 5) is 39.7. The molecule has 1 saturated heterocycles. The number of halogens is 3. The van der Waals surface area contributed by atoms with E-state index >= 15 is 0 Å². The van der Waals surface area contributed by atoms with Gasteiger partial charge in [0.15, 0.2) is 6.61 Å². The highest BCUT2D eigenvalue weighted by Gasteiger charge is 2.31. The summed E-state index contributed by atoms with van der Waals surface area (Å²) in [6.07, 6.45) is -2.98. The fraction of sp³-hybridized carbons (Fsp3) is 0.292. The minimum absolute atomic E-state index is 0.0964. The molecule has 0 aromatic heterocycles. The molecule has 0 spiro atoms. The number of amides is 2. The molecule has 2 amide bonds. The van der Waals surface area contributed by atoms with E-state index in [9.17, 15) is 27.6 Å². The number of piperazine rings is 1. The number of alkyl halides is 3. The molecule has 1 N–H and O–H groups in total. The highest BCUT2D eigenvalue weighted by Crippen LogP contribution is 2.31. The van der Waals surface area contributed by atoms with Crippen LogP contribution in [0.5, 0.6) is 0 Å². The minimum atomic E-state index is -4.43. The van der Waals surface area contributed by atoms with Crippen LogP contribution >= 0.6 is 0 Å². The molecule has 0 aliphatic carbocycles. The number of hydrogen-bond acceptors (Lipinski definition) is 5. The van der Waals surface area contributed by atoms with Crippen LogP contribution in [-0.4, -0.2) is 55.5 Å². The molecule has 180 valence electrons. The van der Waals surface area contributed by atoms with Gasteiger partial charge in [0.1, 0.15) is 5.70 Å². The number of anilines is 1. The number of esters is 1. The molecule has 2 aromatic rings. The molecule has 0 atom stereocenters. The van der Waals surface area contributed by atoms with Crippen molar-refractivity contribution < 1.29 is 32.3 Å². The number of ether oxygens (including phenoxy) is 1. The molecule has 3 rings (SSSR count). The van der Waals surface area contributed by atoms with E-state index in [1.54, 1.807) is 41.3 Å². The third-order valence-electron chi connectivity index (χ3n) is 5.14. The largest absolute Gasteiger partial charge is 0.451 e. The van der Waals surface area contributed by atoms with Gasteiger partial charge in [-0.05, 0) is 29.8 Å². The zero-order valence-electron chi connectivity index (χ0n) is 18.5. The highest BCUT2D eigenvalue weighted by molar-refractivity contribution is 5.98. The second kappa shape index (κ2) is 10.9. The van der Waals surface area contributed by atoms with Crippen molar-refractivity contribution in [1.82, 2.24) is 10.2 Å². The van der Waals surface area contributed by atoms with Gasteiger partial charge in [0, 0.05) is 38.8 Å². The van der Waals surface area contributed by atoms with Crippen LogP contribution in [0.1, 0.15) is 18.1 Å². The Morgan fingerprint density at radius 1 is 1.00 bits per heavy atom. The summed E-state index contributed by atoms with van der Waals surface area (Å²) in [6.45, 7) is 1.95. The zero-order chi connectivity index (χ0) is 24.7. The smallest absolute Gasteiger partial charge is 0.416 e. The van der Waals surface area contributed by atoms with Gasteiger partial charge in [0.2, 0.25) is 5.91 Å². The van der Waals surface area contributed by atoms with E-state index < -0.39 is 36.1 Å². The maximum atomic E-state index is 13.0. The normalized spacial score (nSPS) is 14.5. The Labute approximate surface area is 194 Å².